The molecule has 0 spiro atoms. The summed E-state index contributed by atoms with van der Waals surface area (Å²) < 4.78 is 0. The minimum Gasteiger partial charge on any atom is -0.480 e. The lowest BCUT2D eigenvalue weighted by Crippen LogP contribution is -2.43. The molecule has 2 amide bonds. The highest BCUT2D eigenvalue weighted by atomic mass is 16.4. The molecule has 0 aliphatic carbocycles. The maximum atomic E-state index is 11.7. The largest absolute Gasteiger partial charge is 0.480 e. The molecule has 0 radical (unpaired) electrons. The van der Waals surface area contributed by atoms with Crippen LogP contribution in [-0.2, 0) is 9.59 Å². The van der Waals surface area contributed by atoms with Gasteiger partial charge in [0.15, 0.2) is 0 Å². The third-order valence-electron chi connectivity index (χ3n) is 2.28. The first-order valence-corrected chi connectivity index (χ1v) is 5.26. The number of primary amides is 1. The second kappa shape index (κ2) is 6.16. The molecule has 1 aromatic carbocycles. The van der Waals surface area contributed by atoms with Crippen LogP contribution in [-0.4, -0.2) is 28.9 Å². The third-order valence-corrected chi connectivity index (χ3v) is 2.28. The Morgan fingerprint density at radius 2 is 1.89 bits per heavy atom. The molecule has 7 heteroatoms. The maximum absolute atomic E-state index is 11.7. The highest BCUT2D eigenvalue weighted by Gasteiger charge is 2.22. The molecule has 0 saturated heterocycles. The molecular weight excluding hydrogens is 250 g/mol. The fourth-order valence-corrected chi connectivity index (χ4v) is 1.34. The summed E-state index contributed by atoms with van der Waals surface area (Å²) in [6.45, 7) is 0. The number of nitrogens with one attached hydrogen (secondary N) is 1. The number of aliphatic carboxylic acids is 1. The molecule has 19 heavy (non-hydrogen) atoms. The number of nitrogens with zero attached hydrogens (tertiary/aromatic N) is 1. The van der Waals surface area contributed by atoms with Crippen molar-refractivity contribution in [2.75, 3.05) is 0 Å². The molecular formula is C12H11N3O4. The van der Waals surface area contributed by atoms with E-state index in [4.69, 9.17) is 16.1 Å². The van der Waals surface area contributed by atoms with Crippen LogP contribution < -0.4 is 11.1 Å². The van der Waals surface area contributed by atoms with Gasteiger partial charge in [-0.1, -0.05) is 0 Å². The van der Waals surface area contributed by atoms with Gasteiger partial charge >= 0.3 is 5.97 Å². The minimum atomic E-state index is -1.37. The fourth-order valence-electron chi connectivity index (χ4n) is 1.34. The van der Waals surface area contributed by atoms with Crippen molar-refractivity contribution in [1.29, 1.82) is 5.26 Å². The number of hydrogen-bond acceptors (Lipinski definition) is 4. The van der Waals surface area contributed by atoms with Gasteiger partial charge in [-0.2, -0.15) is 5.26 Å². The molecule has 4 N–H and O–H groups in total. The van der Waals surface area contributed by atoms with E-state index in [1.807, 2.05) is 6.07 Å². The van der Waals surface area contributed by atoms with E-state index in [0.717, 1.165) is 0 Å². The Kier molecular flexibility index (Phi) is 4.60. The molecule has 0 aliphatic rings. The van der Waals surface area contributed by atoms with E-state index in [2.05, 4.69) is 5.32 Å². The van der Waals surface area contributed by atoms with E-state index in [-0.39, 0.29) is 5.56 Å². The van der Waals surface area contributed by atoms with E-state index >= 15 is 0 Å². The molecule has 0 aromatic heterocycles. The average molecular weight is 261 g/mol. The van der Waals surface area contributed by atoms with Crippen LogP contribution in [0.4, 0.5) is 0 Å². The summed E-state index contributed by atoms with van der Waals surface area (Å²) in [6.07, 6.45) is -0.489. The minimum absolute atomic E-state index is 0.190. The molecule has 1 atom stereocenters. The Labute approximate surface area is 108 Å². The third kappa shape index (κ3) is 4.12. The van der Waals surface area contributed by atoms with Gasteiger partial charge in [-0.25, -0.2) is 4.79 Å². The standard InChI is InChI=1S/C12H11N3O4/c13-6-7-1-3-8(4-2-7)11(17)15-9(12(18)19)5-10(14)16/h1-4,9H,5H2,(H2,14,16)(H,15,17)(H,18,19)/t9-/m0/s1. The quantitative estimate of drug-likeness (QED) is 0.664. The van der Waals surface area contributed by atoms with Gasteiger partial charge in [0.05, 0.1) is 18.1 Å². The number of hydrogen-bond donors (Lipinski definition) is 3. The summed E-state index contributed by atoms with van der Waals surface area (Å²) in [6, 6.07) is 6.15. The summed E-state index contributed by atoms with van der Waals surface area (Å²) >= 11 is 0. The van der Waals surface area contributed by atoms with Crippen LogP contribution >= 0.6 is 0 Å². The molecule has 7 nitrogen and oxygen atoms in total. The highest BCUT2D eigenvalue weighted by Crippen LogP contribution is 2.04. The second-order valence-electron chi connectivity index (χ2n) is 3.72. The number of benzene rings is 1. The van der Waals surface area contributed by atoms with Crippen LogP contribution in [0.2, 0.25) is 0 Å². The van der Waals surface area contributed by atoms with Gasteiger partial charge in [-0.3, -0.25) is 9.59 Å². The Balaban J connectivity index is 2.78. The summed E-state index contributed by atoms with van der Waals surface area (Å²) in [4.78, 5) is 33.3. The van der Waals surface area contributed by atoms with Gasteiger partial charge < -0.3 is 16.2 Å². The van der Waals surface area contributed by atoms with Gasteiger partial charge in [0.1, 0.15) is 6.04 Å². The van der Waals surface area contributed by atoms with E-state index in [9.17, 15) is 14.4 Å². The van der Waals surface area contributed by atoms with Crippen LogP contribution in [0, 0.1) is 11.3 Å². The highest BCUT2D eigenvalue weighted by molar-refractivity contribution is 5.97. The molecule has 98 valence electrons. The zero-order valence-corrected chi connectivity index (χ0v) is 9.79. The first kappa shape index (κ1) is 14.2. The number of rotatable bonds is 5. The lowest BCUT2D eigenvalue weighted by atomic mass is 10.1. The Hall–Kier alpha value is -2.88. The normalized spacial score (nSPS) is 11.1. The smallest absolute Gasteiger partial charge is 0.326 e. The zero-order chi connectivity index (χ0) is 14.4. The number of carboxylic acids is 1. The molecule has 0 fully saturated rings. The lowest BCUT2D eigenvalue weighted by Gasteiger charge is -2.12. The van der Waals surface area contributed by atoms with Crippen molar-refractivity contribution in [3.63, 3.8) is 0 Å². The van der Waals surface area contributed by atoms with Crippen molar-refractivity contribution in [3.8, 4) is 6.07 Å². The first-order chi connectivity index (χ1) is 8.93. The zero-order valence-electron chi connectivity index (χ0n) is 9.79. The number of carboxylic acid groups (broad SMARTS) is 1. The number of nitriles is 1. The van der Waals surface area contributed by atoms with Crippen molar-refractivity contribution in [2.24, 2.45) is 5.73 Å². The number of carbonyl (C=O) groups is 3. The molecule has 0 heterocycles. The topological polar surface area (TPSA) is 133 Å². The van der Waals surface area contributed by atoms with Crippen molar-refractivity contribution in [2.45, 2.75) is 12.5 Å². The van der Waals surface area contributed by atoms with Crippen LogP contribution in [0.5, 0.6) is 0 Å². The molecule has 0 bridgehead atoms. The number of amides is 2. The van der Waals surface area contributed by atoms with Crippen molar-refractivity contribution < 1.29 is 19.5 Å². The van der Waals surface area contributed by atoms with Crippen LogP contribution in [0.15, 0.2) is 24.3 Å². The predicted molar refractivity (Wildman–Crippen MR) is 63.9 cm³/mol. The van der Waals surface area contributed by atoms with Gasteiger partial charge in [-0.15, -0.1) is 0 Å². The summed E-state index contributed by atoms with van der Waals surface area (Å²) in [5.41, 5.74) is 5.46. The molecule has 0 aliphatic heterocycles. The van der Waals surface area contributed by atoms with Crippen LogP contribution in [0.1, 0.15) is 22.3 Å². The predicted octanol–water partition coefficient (Wildman–Crippen LogP) is -0.383. The van der Waals surface area contributed by atoms with Crippen LogP contribution in [0.3, 0.4) is 0 Å². The fraction of sp³-hybridized carbons (Fsp3) is 0.167. The summed E-state index contributed by atoms with van der Waals surface area (Å²) in [5, 5.41) is 19.6. The molecule has 1 aromatic rings. The molecule has 0 unspecified atom stereocenters. The van der Waals surface area contributed by atoms with E-state index < -0.39 is 30.2 Å². The van der Waals surface area contributed by atoms with E-state index in [1.165, 1.54) is 24.3 Å². The van der Waals surface area contributed by atoms with Crippen molar-refractivity contribution >= 4 is 17.8 Å². The van der Waals surface area contributed by atoms with Crippen LogP contribution in [0.25, 0.3) is 0 Å². The molecule has 0 saturated carbocycles. The van der Waals surface area contributed by atoms with Crippen molar-refractivity contribution in [1.82, 2.24) is 5.32 Å². The van der Waals surface area contributed by atoms with Crippen molar-refractivity contribution in [3.05, 3.63) is 35.4 Å². The summed E-state index contributed by atoms with van der Waals surface area (Å²) in [7, 11) is 0. The monoisotopic (exact) mass is 261 g/mol. The maximum Gasteiger partial charge on any atom is 0.326 e. The van der Waals surface area contributed by atoms with Gasteiger partial charge in [0.2, 0.25) is 5.91 Å². The van der Waals surface area contributed by atoms with Gasteiger partial charge in [-0.05, 0) is 24.3 Å². The molecule has 1 rings (SSSR count). The van der Waals surface area contributed by atoms with Gasteiger partial charge in [0.25, 0.3) is 5.91 Å². The van der Waals surface area contributed by atoms with Gasteiger partial charge in [0, 0.05) is 5.56 Å². The first-order valence-electron chi connectivity index (χ1n) is 5.26. The SMILES string of the molecule is N#Cc1ccc(C(=O)N[C@@H](CC(N)=O)C(=O)O)cc1. The lowest BCUT2D eigenvalue weighted by molar-refractivity contribution is -0.140. The number of carbonyl (C=O) groups excluding carboxylic acids is 2. The van der Waals surface area contributed by atoms with E-state index in [1.54, 1.807) is 0 Å². The Morgan fingerprint density at radius 1 is 1.32 bits per heavy atom. The second-order valence-corrected chi connectivity index (χ2v) is 3.72. The number of nitrogens with two attached hydrogens (primary N) is 1. The Morgan fingerprint density at radius 3 is 2.32 bits per heavy atom. The van der Waals surface area contributed by atoms with E-state index in [0.29, 0.717) is 5.56 Å². The Bertz CT molecular complexity index is 545. The summed E-state index contributed by atoms with van der Waals surface area (Å²) in [5.74, 6) is -2.83. The average Bonchev–Trinajstić information content (AvgIpc) is 2.37.